The molecule has 6 nitrogen and oxygen atoms in total. The highest BCUT2D eigenvalue weighted by molar-refractivity contribution is 7.98. The molecule has 0 aliphatic carbocycles. The number of hydrogen-bond acceptors (Lipinski definition) is 5. The lowest BCUT2D eigenvalue weighted by Crippen LogP contribution is -2.41. The number of rotatable bonds is 13. The van der Waals surface area contributed by atoms with Crippen LogP contribution in [0.4, 0.5) is 5.69 Å². The van der Waals surface area contributed by atoms with Gasteiger partial charge in [-0.1, -0.05) is 53.6 Å². The molecule has 0 saturated carbocycles. The molecule has 0 aliphatic heterocycles. The monoisotopic (exact) mass is 546 g/mol. The number of anilines is 1. The summed E-state index contributed by atoms with van der Waals surface area (Å²) in [5.74, 6) is 1.72. The number of thioether (sulfide) groups is 1. The molecule has 1 amide bonds. The average Bonchev–Trinajstić information content (AvgIpc) is 2.85. The van der Waals surface area contributed by atoms with Gasteiger partial charge in [0.25, 0.3) is 10.0 Å². The highest BCUT2D eigenvalue weighted by atomic mass is 35.5. The van der Waals surface area contributed by atoms with Crippen molar-refractivity contribution in [3.8, 4) is 5.75 Å². The van der Waals surface area contributed by atoms with Crippen molar-refractivity contribution in [2.45, 2.75) is 30.9 Å². The summed E-state index contributed by atoms with van der Waals surface area (Å²) in [5, 5.41) is 3.57. The molecule has 0 aliphatic rings. The van der Waals surface area contributed by atoms with Gasteiger partial charge in [0, 0.05) is 17.3 Å². The SMILES string of the molecule is CCOc1ccccc1N(CC(=O)NCCCSCc1cccc(Cl)c1)S(=O)(=O)c1ccc(C)cc1. The van der Waals surface area contributed by atoms with Crippen LogP contribution in [0.5, 0.6) is 5.75 Å². The predicted molar refractivity (Wildman–Crippen MR) is 149 cm³/mol. The zero-order chi connectivity index (χ0) is 26.0. The van der Waals surface area contributed by atoms with Gasteiger partial charge in [0.05, 0.1) is 17.2 Å². The van der Waals surface area contributed by atoms with Crippen molar-refractivity contribution in [1.82, 2.24) is 5.32 Å². The number of amides is 1. The number of carbonyl (C=O) groups excluding carboxylic acids is 1. The van der Waals surface area contributed by atoms with Crippen molar-refractivity contribution in [2.24, 2.45) is 0 Å². The van der Waals surface area contributed by atoms with Crippen LogP contribution >= 0.6 is 23.4 Å². The van der Waals surface area contributed by atoms with E-state index in [2.05, 4.69) is 5.32 Å². The first-order valence-electron chi connectivity index (χ1n) is 11.7. The molecule has 0 aromatic heterocycles. The Morgan fingerprint density at radius 2 is 1.81 bits per heavy atom. The Kier molecular flexibility index (Phi) is 10.5. The lowest BCUT2D eigenvalue weighted by molar-refractivity contribution is -0.119. The molecule has 0 fully saturated rings. The smallest absolute Gasteiger partial charge is 0.264 e. The second-order valence-electron chi connectivity index (χ2n) is 8.11. The number of para-hydroxylation sites is 2. The summed E-state index contributed by atoms with van der Waals surface area (Å²) in [6, 6.07) is 21.2. The highest BCUT2D eigenvalue weighted by Gasteiger charge is 2.29. The van der Waals surface area contributed by atoms with Crippen LogP contribution in [0.15, 0.2) is 77.7 Å². The van der Waals surface area contributed by atoms with E-state index in [1.165, 1.54) is 0 Å². The van der Waals surface area contributed by atoms with E-state index < -0.39 is 10.0 Å². The first-order valence-corrected chi connectivity index (χ1v) is 14.7. The third-order valence-corrected chi connectivity index (χ3v) is 8.40. The largest absolute Gasteiger partial charge is 0.492 e. The van der Waals surface area contributed by atoms with E-state index in [-0.39, 0.29) is 17.3 Å². The molecule has 0 unspecified atom stereocenters. The molecule has 36 heavy (non-hydrogen) atoms. The van der Waals surface area contributed by atoms with Gasteiger partial charge in [0.1, 0.15) is 12.3 Å². The second kappa shape index (κ2) is 13.6. The standard InChI is InChI=1S/C27H31ClN2O4S2/c1-3-34-26-11-5-4-10-25(26)30(36(32,33)24-14-12-21(2)13-15-24)19-27(31)29-16-7-17-35-20-22-8-6-9-23(28)18-22/h4-6,8-15,18H,3,7,16-17,19-20H2,1-2H3,(H,29,31). The van der Waals surface area contributed by atoms with Gasteiger partial charge in [-0.05, 0) is 68.0 Å². The average molecular weight is 547 g/mol. The Morgan fingerprint density at radius 3 is 2.53 bits per heavy atom. The molecule has 1 N–H and O–H groups in total. The highest BCUT2D eigenvalue weighted by Crippen LogP contribution is 2.32. The normalized spacial score (nSPS) is 11.2. The van der Waals surface area contributed by atoms with Gasteiger partial charge < -0.3 is 10.1 Å². The molecule has 0 radical (unpaired) electrons. The third-order valence-electron chi connectivity index (χ3n) is 5.28. The number of ether oxygens (including phenoxy) is 1. The Morgan fingerprint density at radius 1 is 1.06 bits per heavy atom. The molecular formula is C27H31ClN2O4S2. The molecule has 0 atom stereocenters. The Hall–Kier alpha value is -2.68. The summed E-state index contributed by atoms with van der Waals surface area (Å²) in [6.45, 7) is 4.18. The summed E-state index contributed by atoms with van der Waals surface area (Å²) < 4.78 is 34.0. The van der Waals surface area contributed by atoms with Gasteiger partial charge in [-0.2, -0.15) is 11.8 Å². The molecule has 0 saturated heterocycles. The molecule has 3 aromatic rings. The van der Waals surface area contributed by atoms with Gasteiger partial charge >= 0.3 is 0 Å². The quantitative estimate of drug-likeness (QED) is 0.279. The molecule has 0 heterocycles. The van der Waals surface area contributed by atoms with Crippen molar-refractivity contribution in [3.05, 3.63) is 88.9 Å². The molecule has 0 bridgehead atoms. The fourth-order valence-corrected chi connectivity index (χ4v) is 6.04. The van der Waals surface area contributed by atoms with E-state index in [4.69, 9.17) is 16.3 Å². The summed E-state index contributed by atoms with van der Waals surface area (Å²) in [5.41, 5.74) is 2.43. The van der Waals surface area contributed by atoms with Crippen molar-refractivity contribution >= 4 is 45.0 Å². The summed E-state index contributed by atoms with van der Waals surface area (Å²) >= 11 is 7.78. The molecule has 192 valence electrons. The fraction of sp³-hybridized carbons (Fsp3) is 0.296. The maximum atomic E-state index is 13.6. The number of sulfonamides is 1. The van der Waals surface area contributed by atoms with Crippen molar-refractivity contribution < 1.29 is 17.9 Å². The van der Waals surface area contributed by atoms with Crippen LogP contribution in [0, 0.1) is 6.92 Å². The molecule has 3 rings (SSSR count). The number of halogens is 1. The zero-order valence-electron chi connectivity index (χ0n) is 20.4. The maximum absolute atomic E-state index is 13.6. The van der Waals surface area contributed by atoms with Gasteiger partial charge in [0.15, 0.2) is 0 Å². The number of hydrogen-bond donors (Lipinski definition) is 1. The van der Waals surface area contributed by atoms with Gasteiger partial charge in [-0.3, -0.25) is 9.10 Å². The van der Waals surface area contributed by atoms with Gasteiger partial charge in [0.2, 0.25) is 5.91 Å². The number of nitrogens with one attached hydrogen (secondary N) is 1. The topological polar surface area (TPSA) is 75.7 Å². The van der Waals surface area contributed by atoms with Crippen LogP contribution in [0.1, 0.15) is 24.5 Å². The Bertz CT molecular complexity index is 1250. The van der Waals surface area contributed by atoms with Crippen LogP contribution in [0.2, 0.25) is 5.02 Å². The van der Waals surface area contributed by atoms with E-state index >= 15 is 0 Å². The number of benzene rings is 3. The van der Waals surface area contributed by atoms with Crippen molar-refractivity contribution in [1.29, 1.82) is 0 Å². The zero-order valence-corrected chi connectivity index (χ0v) is 22.8. The minimum atomic E-state index is -4.00. The van der Waals surface area contributed by atoms with Crippen LogP contribution < -0.4 is 14.4 Å². The maximum Gasteiger partial charge on any atom is 0.264 e. The molecule has 9 heteroatoms. The molecule has 0 spiro atoms. The van der Waals surface area contributed by atoms with Crippen LogP contribution in [0.3, 0.4) is 0 Å². The second-order valence-corrected chi connectivity index (χ2v) is 11.5. The van der Waals surface area contributed by atoms with E-state index in [1.54, 1.807) is 60.3 Å². The first-order chi connectivity index (χ1) is 17.3. The lowest BCUT2D eigenvalue weighted by atomic mass is 10.2. The first kappa shape index (κ1) is 27.9. The van der Waals surface area contributed by atoms with E-state index in [0.717, 1.165) is 38.4 Å². The van der Waals surface area contributed by atoms with Gasteiger partial charge in [-0.25, -0.2) is 8.42 Å². The van der Waals surface area contributed by atoms with Gasteiger partial charge in [-0.15, -0.1) is 0 Å². The van der Waals surface area contributed by atoms with Crippen LogP contribution in [0.25, 0.3) is 0 Å². The summed E-state index contributed by atoms with van der Waals surface area (Å²) in [6.07, 6.45) is 0.761. The molecule has 3 aromatic carbocycles. The third kappa shape index (κ3) is 7.91. The van der Waals surface area contributed by atoms with E-state index in [0.29, 0.717) is 24.6 Å². The van der Waals surface area contributed by atoms with E-state index in [1.807, 2.05) is 38.1 Å². The predicted octanol–water partition coefficient (Wildman–Crippen LogP) is 5.68. The fourth-order valence-electron chi connectivity index (χ4n) is 3.48. The molecular weight excluding hydrogens is 516 g/mol. The lowest BCUT2D eigenvalue weighted by Gasteiger charge is -2.26. The minimum Gasteiger partial charge on any atom is -0.492 e. The number of aryl methyl sites for hydroxylation is 1. The summed E-state index contributed by atoms with van der Waals surface area (Å²) in [7, 11) is -4.00. The van der Waals surface area contributed by atoms with Crippen LogP contribution in [-0.2, 0) is 20.6 Å². The summed E-state index contributed by atoms with van der Waals surface area (Å²) in [4.78, 5) is 13.0. The van der Waals surface area contributed by atoms with E-state index in [9.17, 15) is 13.2 Å². The van der Waals surface area contributed by atoms with Crippen molar-refractivity contribution in [2.75, 3.05) is 29.8 Å². The van der Waals surface area contributed by atoms with Crippen LogP contribution in [-0.4, -0.2) is 39.8 Å². The number of nitrogens with zero attached hydrogens (tertiary/aromatic N) is 1. The van der Waals surface area contributed by atoms with Crippen molar-refractivity contribution in [3.63, 3.8) is 0 Å². The Balaban J connectivity index is 1.65. The Labute approximate surface area is 223 Å². The minimum absolute atomic E-state index is 0.115. The number of carbonyl (C=O) groups is 1.